The Hall–Kier alpha value is -2.08. The number of hydrogen-bond acceptors (Lipinski definition) is 0. The van der Waals surface area contributed by atoms with Gasteiger partial charge in [0, 0.05) is 0 Å². The summed E-state index contributed by atoms with van der Waals surface area (Å²) in [5.74, 6) is 0. The van der Waals surface area contributed by atoms with Crippen molar-refractivity contribution in [3.63, 3.8) is 0 Å². The molecule has 0 atom stereocenters. The summed E-state index contributed by atoms with van der Waals surface area (Å²) in [6.07, 6.45) is 10.1. The van der Waals surface area contributed by atoms with E-state index in [1.807, 2.05) is 0 Å². The summed E-state index contributed by atoms with van der Waals surface area (Å²) in [5.41, 5.74) is 11.8. The maximum absolute atomic E-state index is 2.35. The fourth-order valence-electron chi connectivity index (χ4n) is 3.68. The van der Waals surface area contributed by atoms with Gasteiger partial charge in [-0.15, -0.1) is 0 Å². The molecule has 0 bridgehead atoms. The molecule has 0 radical (unpaired) electrons. The predicted molar refractivity (Wildman–Crippen MR) is 89.7 cm³/mol. The molecule has 104 valence electrons. The Labute approximate surface area is 126 Å². The number of hydrogen-bond donors (Lipinski definition) is 0. The highest BCUT2D eigenvalue weighted by Crippen LogP contribution is 2.40. The van der Waals surface area contributed by atoms with Crippen molar-refractivity contribution in [2.45, 2.75) is 33.1 Å². The van der Waals surface area contributed by atoms with Gasteiger partial charge < -0.3 is 0 Å². The molecule has 0 fully saturated rings. The maximum Gasteiger partial charge on any atom is -0.00104 e. The maximum atomic E-state index is 2.35. The summed E-state index contributed by atoms with van der Waals surface area (Å²) < 4.78 is 0. The van der Waals surface area contributed by atoms with E-state index in [1.165, 1.54) is 27.8 Å². The second-order valence-corrected chi connectivity index (χ2v) is 6.36. The first kappa shape index (κ1) is 12.6. The minimum Gasteiger partial charge on any atom is -0.0804 e. The highest BCUT2D eigenvalue weighted by Gasteiger charge is 2.22. The zero-order valence-electron chi connectivity index (χ0n) is 12.7. The Balaban J connectivity index is 1.81. The molecular formula is C21H20. The molecule has 2 aliphatic carbocycles. The lowest BCUT2D eigenvalue weighted by molar-refractivity contribution is 1.04. The van der Waals surface area contributed by atoms with E-state index in [0.717, 1.165) is 19.3 Å². The minimum absolute atomic E-state index is 1.10. The summed E-state index contributed by atoms with van der Waals surface area (Å²) in [6.45, 7) is 4.44. The van der Waals surface area contributed by atoms with Crippen LogP contribution in [0.3, 0.4) is 0 Å². The van der Waals surface area contributed by atoms with Crippen LogP contribution >= 0.6 is 0 Å². The van der Waals surface area contributed by atoms with Gasteiger partial charge in [0.2, 0.25) is 0 Å². The molecule has 0 aromatic heterocycles. The topological polar surface area (TPSA) is 0 Å². The van der Waals surface area contributed by atoms with Crippen LogP contribution in [0.2, 0.25) is 0 Å². The van der Waals surface area contributed by atoms with E-state index < -0.39 is 0 Å². The van der Waals surface area contributed by atoms with Crippen molar-refractivity contribution < 1.29 is 0 Å². The van der Waals surface area contributed by atoms with Crippen LogP contribution in [0.1, 0.15) is 34.2 Å². The zero-order valence-corrected chi connectivity index (χ0v) is 12.7. The molecule has 2 aromatic rings. The van der Waals surface area contributed by atoms with Crippen LogP contribution in [0.15, 0.2) is 54.1 Å². The fraction of sp³-hybridized carbons (Fsp3) is 0.238. The van der Waals surface area contributed by atoms with Gasteiger partial charge in [-0.05, 0) is 66.5 Å². The van der Waals surface area contributed by atoms with Crippen molar-refractivity contribution in [1.82, 2.24) is 0 Å². The van der Waals surface area contributed by atoms with Crippen LogP contribution in [-0.4, -0.2) is 0 Å². The van der Waals surface area contributed by atoms with Crippen molar-refractivity contribution in [2.24, 2.45) is 0 Å². The van der Waals surface area contributed by atoms with E-state index in [4.69, 9.17) is 0 Å². The molecule has 21 heavy (non-hydrogen) atoms. The third-order valence-corrected chi connectivity index (χ3v) is 4.84. The smallest absolute Gasteiger partial charge is 0.00104 e. The summed E-state index contributed by atoms with van der Waals surface area (Å²) in [5, 5.41) is 0. The summed E-state index contributed by atoms with van der Waals surface area (Å²) in [4.78, 5) is 0. The van der Waals surface area contributed by atoms with E-state index in [0.29, 0.717) is 0 Å². The quantitative estimate of drug-likeness (QED) is 0.593. The van der Waals surface area contributed by atoms with Crippen molar-refractivity contribution in [1.29, 1.82) is 0 Å². The van der Waals surface area contributed by atoms with E-state index in [2.05, 4.69) is 62.4 Å². The molecule has 0 spiro atoms. The van der Waals surface area contributed by atoms with Gasteiger partial charge >= 0.3 is 0 Å². The number of allylic oxidation sites excluding steroid dienone is 4. The molecule has 4 rings (SSSR count). The molecule has 2 aliphatic rings. The average molecular weight is 272 g/mol. The molecule has 0 saturated carbocycles. The predicted octanol–water partition coefficient (Wildman–Crippen LogP) is 5.30. The standard InChI is InChI=1S/C21H20/c1-14-7-9-18-17(11-14)13-21-19(18)10-8-15(2)20(21)12-16-5-3-4-6-16/h3-5,7-11H,6,12-13H2,1-2H3. The number of benzene rings is 2. The summed E-state index contributed by atoms with van der Waals surface area (Å²) in [7, 11) is 0. The van der Waals surface area contributed by atoms with Gasteiger partial charge in [-0.2, -0.15) is 0 Å². The largest absolute Gasteiger partial charge is 0.0804 e. The first-order valence-corrected chi connectivity index (χ1v) is 7.78. The Morgan fingerprint density at radius 2 is 1.86 bits per heavy atom. The second-order valence-electron chi connectivity index (χ2n) is 6.36. The Morgan fingerprint density at radius 1 is 1.00 bits per heavy atom. The van der Waals surface area contributed by atoms with Crippen LogP contribution in [0.25, 0.3) is 11.1 Å². The lowest BCUT2D eigenvalue weighted by Crippen LogP contribution is -1.98. The van der Waals surface area contributed by atoms with Crippen LogP contribution in [-0.2, 0) is 12.8 Å². The fourth-order valence-corrected chi connectivity index (χ4v) is 3.68. The summed E-state index contributed by atoms with van der Waals surface area (Å²) >= 11 is 0. The Kier molecular flexibility index (Phi) is 2.85. The molecule has 0 heteroatoms. The van der Waals surface area contributed by atoms with Gasteiger partial charge in [0.15, 0.2) is 0 Å². The van der Waals surface area contributed by atoms with Crippen LogP contribution < -0.4 is 0 Å². The minimum atomic E-state index is 1.10. The zero-order chi connectivity index (χ0) is 14.4. The number of rotatable bonds is 2. The van der Waals surface area contributed by atoms with Gasteiger partial charge in [0.1, 0.15) is 0 Å². The highest BCUT2D eigenvalue weighted by atomic mass is 14.3. The first-order valence-electron chi connectivity index (χ1n) is 7.78. The number of aryl methyl sites for hydroxylation is 2. The average Bonchev–Trinajstić information content (AvgIpc) is 3.08. The van der Waals surface area contributed by atoms with Crippen molar-refractivity contribution in [3.05, 3.63) is 82.0 Å². The van der Waals surface area contributed by atoms with E-state index in [-0.39, 0.29) is 0 Å². The summed E-state index contributed by atoms with van der Waals surface area (Å²) in [6, 6.07) is 11.5. The van der Waals surface area contributed by atoms with Gasteiger partial charge in [-0.1, -0.05) is 59.7 Å². The van der Waals surface area contributed by atoms with Crippen LogP contribution in [0.4, 0.5) is 0 Å². The van der Waals surface area contributed by atoms with Crippen LogP contribution in [0.5, 0.6) is 0 Å². The first-order chi connectivity index (χ1) is 10.2. The molecule has 0 N–H and O–H groups in total. The molecule has 0 aliphatic heterocycles. The highest BCUT2D eigenvalue weighted by molar-refractivity contribution is 5.79. The molecule has 2 aromatic carbocycles. The lowest BCUT2D eigenvalue weighted by atomic mass is 9.92. The van der Waals surface area contributed by atoms with Crippen molar-refractivity contribution >= 4 is 0 Å². The molecule has 0 amide bonds. The number of fused-ring (bicyclic) bond motifs is 3. The van der Waals surface area contributed by atoms with Crippen molar-refractivity contribution in [3.8, 4) is 11.1 Å². The lowest BCUT2D eigenvalue weighted by Gasteiger charge is -2.13. The third kappa shape index (κ3) is 2.06. The van der Waals surface area contributed by atoms with Crippen LogP contribution in [0, 0.1) is 13.8 Å². The van der Waals surface area contributed by atoms with E-state index >= 15 is 0 Å². The molecule has 0 nitrogen and oxygen atoms in total. The van der Waals surface area contributed by atoms with Gasteiger partial charge in [-0.25, -0.2) is 0 Å². The van der Waals surface area contributed by atoms with E-state index in [9.17, 15) is 0 Å². The van der Waals surface area contributed by atoms with Gasteiger partial charge in [-0.3, -0.25) is 0 Å². The van der Waals surface area contributed by atoms with Gasteiger partial charge in [0.25, 0.3) is 0 Å². The molecule has 0 heterocycles. The Morgan fingerprint density at radius 3 is 2.67 bits per heavy atom. The molecule has 0 saturated heterocycles. The van der Waals surface area contributed by atoms with Gasteiger partial charge in [0.05, 0.1) is 0 Å². The van der Waals surface area contributed by atoms with Crippen molar-refractivity contribution in [2.75, 3.05) is 0 Å². The van der Waals surface area contributed by atoms with E-state index in [1.54, 1.807) is 16.7 Å². The second kappa shape index (κ2) is 4.73. The molecule has 0 unspecified atom stereocenters. The normalized spacial score (nSPS) is 15.0. The third-order valence-electron chi connectivity index (χ3n) is 4.84. The molecular weight excluding hydrogens is 252 g/mol. The SMILES string of the molecule is Cc1ccc2c(c1)Cc1c-2ccc(C)c1CC1=CC=CC1. The Bertz CT molecular complexity index is 788. The monoisotopic (exact) mass is 272 g/mol.